The lowest BCUT2D eigenvalue weighted by atomic mass is 10.2. The number of pyridine rings is 1. The fraction of sp³-hybridized carbons (Fsp3) is 0.182. The van der Waals surface area contributed by atoms with Crippen molar-refractivity contribution >= 4 is 57.6 Å². The van der Waals surface area contributed by atoms with E-state index >= 15 is 0 Å². The predicted molar refractivity (Wildman–Crippen MR) is 119 cm³/mol. The van der Waals surface area contributed by atoms with Crippen LogP contribution in [0.5, 0.6) is 5.75 Å². The summed E-state index contributed by atoms with van der Waals surface area (Å²) < 4.78 is 15.1. The van der Waals surface area contributed by atoms with E-state index in [9.17, 15) is 14.4 Å². The summed E-state index contributed by atoms with van der Waals surface area (Å²) in [5.41, 5.74) is 1.91. The van der Waals surface area contributed by atoms with E-state index in [0.717, 1.165) is 5.69 Å². The van der Waals surface area contributed by atoms with Crippen molar-refractivity contribution in [1.29, 1.82) is 0 Å². The summed E-state index contributed by atoms with van der Waals surface area (Å²) in [6, 6.07) is 11.1. The molecule has 0 radical (unpaired) electrons. The van der Waals surface area contributed by atoms with Crippen LogP contribution < -0.4 is 10.1 Å². The van der Waals surface area contributed by atoms with Gasteiger partial charge in [0.25, 0.3) is 5.91 Å². The summed E-state index contributed by atoms with van der Waals surface area (Å²) in [4.78, 5) is 39.8. The zero-order chi connectivity index (χ0) is 23.3. The Morgan fingerprint density at radius 1 is 1.00 bits per heavy atom. The minimum Gasteiger partial charge on any atom is -0.478 e. The normalized spacial score (nSPS) is 10.5. The Labute approximate surface area is 193 Å². The standard InChI is InChI=1S/C22H18Cl2N2O6/c1-12-3-8-15-16(23)9-17(24)21(20(15)25-12)32-11-19(28)31-10-18(27)26-14-6-4-13(5-7-14)22(29)30-2/h3-9H,10-11H2,1-2H3,(H,26,27). The minimum atomic E-state index is -0.770. The highest BCUT2D eigenvalue weighted by Gasteiger charge is 2.16. The van der Waals surface area contributed by atoms with Gasteiger partial charge in [-0.15, -0.1) is 0 Å². The van der Waals surface area contributed by atoms with Crippen LogP contribution in [0.4, 0.5) is 5.69 Å². The number of ether oxygens (including phenoxy) is 3. The van der Waals surface area contributed by atoms with Crippen LogP contribution in [0, 0.1) is 6.92 Å². The average Bonchev–Trinajstić information content (AvgIpc) is 2.77. The number of anilines is 1. The van der Waals surface area contributed by atoms with E-state index < -0.39 is 31.1 Å². The quantitative estimate of drug-likeness (QED) is 0.509. The van der Waals surface area contributed by atoms with Crippen molar-refractivity contribution in [3.05, 3.63) is 63.8 Å². The molecule has 1 N–H and O–H groups in total. The fourth-order valence-electron chi connectivity index (χ4n) is 2.75. The molecule has 0 aliphatic heterocycles. The molecule has 8 nitrogen and oxygen atoms in total. The molecule has 1 amide bonds. The van der Waals surface area contributed by atoms with Crippen molar-refractivity contribution in [2.75, 3.05) is 25.6 Å². The van der Waals surface area contributed by atoms with Crippen LogP contribution in [0.3, 0.4) is 0 Å². The number of hydrogen-bond donors (Lipinski definition) is 1. The molecule has 0 saturated carbocycles. The largest absolute Gasteiger partial charge is 0.478 e. The van der Waals surface area contributed by atoms with Gasteiger partial charge in [-0.25, -0.2) is 14.6 Å². The molecule has 32 heavy (non-hydrogen) atoms. The van der Waals surface area contributed by atoms with Gasteiger partial charge < -0.3 is 19.5 Å². The van der Waals surface area contributed by atoms with Crippen molar-refractivity contribution in [3.63, 3.8) is 0 Å². The maximum Gasteiger partial charge on any atom is 0.344 e. The molecule has 1 heterocycles. The monoisotopic (exact) mass is 476 g/mol. The Bertz CT molecular complexity index is 1180. The van der Waals surface area contributed by atoms with Crippen LogP contribution in [0.1, 0.15) is 16.1 Å². The van der Waals surface area contributed by atoms with Gasteiger partial charge in [-0.3, -0.25) is 4.79 Å². The van der Waals surface area contributed by atoms with Gasteiger partial charge in [-0.2, -0.15) is 0 Å². The molecule has 0 spiro atoms. The molecule has 10 heteroatoms. The van der Waals surface area contributed by atoms with Crippen molar-refractivity contribution in [1.82, 2.24) is 4.98 Å². The van der Waals surface area contributed by atoms with Gasteiger partial charge in [0.05, 0.1) is 22.7 Å². The summed E-state index contributed by atoms with van der Waals surface area (Å²) in [5, 5.41) is 3.78. The van der Waals surface area contributed by atoms with E-state index in [1.165, 1.54) is 37.4 Å². The molecule has 166 valence electrons. The lowest BCUT2D eigenvalue weighted by molar-refractivity contribution is -0.149. The van der Waals surface area contributed by atoms with E-state index in [1.54, 1.807) is 19.1 Å². The number of aromatic nitrogens is 1. The lowest BCUT2D eigenvalue weighted by Gasteiger charge is -2.12. The molecule has 0 aliphatic carbocycles. The van der Waals surface area contributed by atoms with Gasteiger partial charge in [-0.05, 0) is 49.4 Å². The number of benzene rings is 2. The second kappa shape index (κ2) is 10.3. The van der Waals surface area contributed by atoms with Crippen LogP contribution in [0.25, 0.3) is 10.9 Å². The summed E-state index contributed by atoms with van der Waals surface area (Å²) in [7, 11) is 1.27. The average molecular weight is 477 g/mol. The maximum absolute atomic E-state index is 12.0. The van der Waals surface area contributed by atoms with Crippen molar-refractivity contribution in [2.24, 2.45) is 0 Å². The number of carbonyl (C=O) groups is 3. The van der Waals surface area contributed by atoms with Crippen molar-refractivity contribution in [3.8, 4) is 5.75 Å². The maximum atomic E-state index is 12.0. The first-order valence-corrected chi connectivity index (χ1v) is 10.1. The summed E-state index contributed by atoms with van der Waals surface area (Å²) >= 11 is 12.4. The molecule has 0 bridgehead atoms. The number of aryl methyl sites for hydroxylation is 1. The van der Waals surface area contributed by atoms with Gasteiger partial charge in [0.15, 0.2) is 19.0 Å². The molecule has 0 unspecified atom stereocenters. The summed E-state index contributed by atoms with van der Waals surface area (Å²) in [6.07, 6.45) is 0. The van der Waals surface area contributed by atoms with Crippen LogP contribution in [-0.4, -0.2) is 43.2 Å². The molecule has 3 rings (SSSR count). The van der Waals surface area contributed by atoms with Gasteiger partial charge in [0.1, 0.15) is 5.52 Å². The van der Waals surface area contributed by atoms with Crippen LogP contribution in [-0.2, 0) is 19.1 Å². The lowest BCUT2D eigenvalue weighted by Crippen LogP contribution is -2.23. The molecular weight excluding hydrogens is 459 g/mol. The minimum absolute atomic E-state index is 0.196. The van der Waals surface area contributed by atoms with E-state index in [2.05, 4.69) is 15.0 Å². The highest BCUT2D eigenvalue weighted by Crippen LogP contribution is 2.37. The zero-order valence-corrected chi connectivity index (χ0v) is 18.6. The molecule has 2 aromatic carbocycles. The van der Waals surface area contributed by atoms with Gasteiger partial charge in [0, 0.05) is 16.8 Å². The van der Waals surface area contributed by atoms with Gasteiger partial charge in [-0.1, -0.05) is 23.2 Å². The number of methoxy groups -OCH3 is 1. The Morgan fingerprint density at radius 2 is 1.72 bits per heavy atom. The molecule has 0 fully saturated rings. The highest BCUT2D eigenvalue weighted by atomic mass is 35.5. The third kappa shape index (κ3) is 5.66. The van der Waals surface area contributed by atoms with Crippen LogP contribution in [0.2, 0.25) is 10.0 Å². The topological polar surface area (TPSA) is 104 Å². The predicted octanol–water partition coefficient (Wildman–Crippen LogP) is 4.20. The number of nitrogens with one attached hydrogen (secondary N) is 1. The smallest absolute Gasteiger partial charge is 0.344 e. The molecule has 3 aromatic rings. The Balaban J connectivity index is 1.55. The number of fused-ring (bicyclic) bond motifs is 1. The van der Waals surface area contributed by atoms with Gasteiger partial charge in [0.2, 0.25) is 0 Å². The first-order chi connectivity index (χ1) is 15.3. The Hall–Kier alpha value is -3.36. The van der Waals surface area contributed by atoms with Crippen LogP contribution >= 0.6 is 23.2 Å². The Morgan fingerprint density at radius 3 is 2.41 bits per heavy atom. The number of carbonyl (C=O) groups excluding carboxylic acids is 3. The third-order valence-corrected chi connectivity index (χ3v) is 4.86. The number of nitrogens with zero attached hydrogens (tertiary/aromatic N) is 1. The number of halogens is 2. The molecule has 0 atom stereocenters. The second-order valence-corrected chi connectivity index (χ2v) is 7.40. The van der Waals surface area contributed by atoms with Gasteiger partial charge >= 0.3 is 11.9 Å². The number of amides is 1. The first kappa shape index (κ1) is 23.3. The summed E-state index contributed by atoms with van der Waals surface area (Å²) in [6.45, 7) is 0.800. The Kier molecular flexibility index (Phi) is 7.50. The zero-order valence-electron chi connectivity index (χ0n) is 17.1. The molecule has 0 saturated heterocycles. The fourth-order valence-corrected chi connectivity index (χ4v) is 3.32. The third-order valence-electron chi connectivity index (χ3n) is 4.27. The van der Waals surface area contributed by atoms with E-state index in [0.29, 0.717) is 27.2 Å². The van der Waals surface area contributed by atoms with Crippen molar-refractivity contribution in [2.45, 2.75) is 6.92 Å². The number of esters is 2. The van der Waals surface area contributed by atoms with Crippen LogP contribution in [0.15, 0.2) is 42.5 Å². The molecule has 1 aromatic heterocycles. The molecule has 0 aliphatic rings. The van der Waals surface area contributed by atoms with E-state index in [4.69, 9.17) is 32.7 Å². The van der Waals surface area contributed by atoms with E-state index in [-0.39, 0.29) is 10.8 Å². The molecular formula is C22H18Cl2N2O6. The highest BCUT2D eigenvalue weighted by molar-refractivity contribution is 6.39. The van der Waals surface area contributed by atoms with E-state index in [1.807, 2.05) is 0 Å². The number of rotatable bonds is 7. The SMILES string of the molecule is COC(=O)c1ccc(NC(=O)COC(=O)COc2c(Cl)cc(Cl)c3ccc(C)nc23)cc1. The number of hydrogen-bond acceptors (Lipinski definition) is 7. The van der Waals surface area contributed by atoms with Crippen molar-refractivity contribution < 1.29 is 28.6 Å². The summed E-state index contributed by atoms with van der Waals surface area (Å²) in [5.74, 6) is -1.62. The second-order valence-electron chi connectivity index (χ2n) is 6.58. The first-order valence-electron chi connectivity index (χ1n) is 9.30.